The van der Waals surface area contributed by atoms with Gasteiger partial charge in [0.05, 0.1) is 7.11 Å². The minimum absolute atomic E-state index is 0.161. The number of rotatable bonds is 7. The Morgan fingerprint density at radius 2 is 1.90 bits per heavy atom. The highest BCUT2D eigenvalue weighted by molar-refractivity contribution is 5.31. The third-order valence-corrected chi connectivity index (χ3v) is 3.73. The molecule has 0 radical (unpaired) electrons. The van der Waals surface area contributed by atoms with Crippen molar-refractivity contribution in [3.8, 4) is 5.75 Å². The Balaban J connectivity index is 1.95. The second kappa shape index (κ2) is 7.79. The monoisotopic (exact) mass is 287 g/mol. The lowest BCUT2D eigenvalue weighted by Gasteiger charge is -2.17. The van der Waals surface area contributed by atoms with Crippen molar-refractivity contribution in [3.63, 3.8) is 0 Å². The quantitative estimate of drug-likeness (QED) is 0.827. The molecule has 0 saturated carbocycles. The smallest absolute Gasteiger partial charge is 0.165 e. The first-order chi connectivity index (χ1) is 10.2. The van der Waals surface area contributed by atoms with Crippen molar-refractivity contribution in [2.75, 3.05) is 14.2 Å². The Labute approximate surface area is 126 Å². The fraction of sp³-hybridized carbons (Fsp3) is 0.333. The van der Waals surface area contributed by atoms with Gasteiger partial charge in [0.25, 0.3) is 0 Å². The van der Waals surface area contributed by atoms with Gasteiger partial charge in [-0.3, -0.25) is 0 Å². The molecule has 1 unspecified atom stereocenters. The summed E-state index contributed by atoms with van der Waals surface area (Å²) in [6.07, 6.45) is 3.07. The molecular formula is C18H22FNO. The van der Waals surface area contributed by atoms with Crippen LogP contribution in [-0.2, 0) is 6.42 Å². The predicted molar refractivity (Wildman–Crippen MR) is 84.1 cm³/mol. The first-order valence-corrected chi connectivity index (χ1v) is 7.29. The molecule has 0 saturated heterocycles. The summed E-state index contributed by atoms with van der Waals surface area (Å²) in [6.45, 7) is 0. The number of ether oxygens (including phenoxy) is 1. The van der Waals surface area contributed by atoms with Crippen LogP contribution in [0.4, 0.5) is 4.39 Å². The van der Waals surface area contributed by atoms with Crippen LogP contribution in [0.25, 0.3) is 0 Å². The summed E-state index contributed by atoms with van der Waals surface area (Å²) < 4.78 is 18.7. The largest absolute Gasteiger partial charge is 0.494 e. The standard InChI is InChI=1S/C18H22FNO/c1-20-17(10-6-9-14-7-4-3-5-8-14)15-11-12-18(21-2)16(19)13-15/h3-5,7-8,11-13,17,20H,6,9-10H2,1-2H3. The highest BCUT2D eigenvalue weighted by atomic mass is 19.1. The lowest BCUT2D eigenvalue weighted by molar-refractivity contribution is 0.385. The summed E-state index contributed by atoms with van der Waals surface area (Å²) >= 11 is 0. The topological polar surface area (TPSA) is 21.3 Å². The van der Waals surface area contributed by atoms with Crippen molar-refractivity contribution in [2.24, 2.45) is 0 Å². The maximum atomic E-state index is 13.8. The normalized spacial score (nSPS) is 12.1. The molecule has 0 bridgehead atoms. The van der Waals surface area contributed by atoms with Gasteiger partial charge in [-0.1, -0.05) is 36.4 Å². The lowest BCUT2D eigenvalue weighted by atomic mass is 9.99. The van der Waals surface area contributed by atoms with Gasteiger partial charge in [-0.2, -0.15) is 0 Å². The summed E-state index contributed by atoms with van der Waals surface area (Å²) in [5.74, 6) is -0.0174. The molecule has 0 spiro atoms. The average molecular weight is 287 g/mol. The molecule has 1 atom stereocenters. The van der Waals surface area contributed by atoms with E-state index < -0.39 is 0 Å². The molecule has 0 aromatic heterocycles. The van der Waals surface area contributed by atoms with Crippen LogP contribution in [0, 0.1) is 5.82 Å². The molecule has 2 rings (SSSR count). The van der Waals surface area contributed by atoms with E-state index in [-0.39, 0.29) is 17.6 Å². The summed E-state index contributed by atoms with van der Waals surface area (Å²) in [5.41, 5.74) is 2.30. The van der Waals surface area contributed by atoms with E-state index in [0.29, 0.717) is 0 Å². The Bertz CT molecular complexity index is 556. The van der Waals surface area contributed by atoms with Crippen LogP contribution in [0.3, 0.4) is 0 Å². The van der Waals surface area contributed by atoms with E-state index in [1.807, 2.05) is 19.2 Å². The predicted octanol–water partition coefficient (Wildman–Crippen LogP) is 4.12. The number of benzene rings is 2. The number of aryl methyl sites for hydroxylation is 1. The van der Waals surface area contributed by atoms with E-state index in [1.165, 1.54) is 12.7 Å². The van der Waals surface area contributed by atoms with Gasteiger partial charge in [-0.05, 0) is 49.6 Å². The molecule has 21 heavy (non-hydrogen) atoms. The highest BCUT2D eigenvalue weighted by Crippen LogP contribution is 2.24. The molecule has 0 aliphatic rings. The molecule has 0 fully saturated rings. The molecule has 0 aliphatic carbocycles. The van der Waals surface area contributed by atoms with E-state index in [1.54, 1.807) is 12.1 Å². The van der Waals surface area contributed by atoms with E-state index in [2.05, 4.69) is 29.6 Å². The summed E-state index contributed by atoms with van der Waals surface area (Å²) in [5, 5.41) is 3.26. The Kier molecular flexibility index (Phi) is 5.76. The van der Waals surface area contributed by atoms with Gasteiger partial charge in [0.1, 0.15) is 0 Å². The molecule has 3 heteroatoms. The fourth-order valence-corrected chi connectivity index (χ4v) is 2.53. The molecule has 1 N–H and O–H groups in total. The van der Waals surface area contributed by atoms with Gasteiger partial charge in [0.2, 0.25) is 0 Å². The number of hydrogen-bond donors (Lipinski definition) is 1. The van der Waals surface area contributed by atoms with E-state index in [0.717, 1.165) is 24.8 Å². The first-order valence-electron chi connectivity index (χ1n) is 7.29. The minimum atomic E-state index is -0.307. The van der Waals surface area contributed by atoms with Crippen LogP contribution in [-0.4, -0.2) is 14.2 Å². The maximum absolute atomic E-state index is 13.8. The molecule has 2 nitrogen and oxygen atoms in total. The average Bonchev–Trinajstić information content (AvgIpc) is 2.52. The second-order valence-electron chi connectivity index (χ2n) is 5.11. The van der Waals surface area contributed by atoms with Crippen LogP contribution >= 0.6 is 0 Å². The Hall–Kier alpha value is -1.87. The Morgan fingerprint density at radius 1 is 1.14 bits per heavy atom. The van der Waals surface area contributed by atoms with Gasteiger partial charge in [0.15, 0.2) is 11.6 Å². The van der Waals surface area contributed by atoms with Gasteiger partial charge in [-0.15, -0.1) is 0 Å². The van der Waals surface area contributed by atoms with Gasteiger partial charge < -0.3 is 10.1 Å². The fourth-order valence-electron chi connectivity index (χ4n) is 2.53. The van der Waals surface area contributed by atoms with Crippen LogP contribution < -0.4 is 10.1 Å². The zero-order chi connectivity index (χ0) is 15.1. The van der Waals surface area contributed by atoms with Crippen molar-refractivity contribution in [2.45, 2.75) is 25.3 Å². The van der Waals surface area contributed by atoms with Crippen molar-refractivity contribution >= 4 is 0 Å². The van der Waals surface area contributed by atoms with Gasteiger partial charge >= 0.3 is 0 Å². The number of nitrogens with one attached hydrogen (secondary N) is 1. The van der Waals surface area contributed by atoms with Crippen LogP contribution in [0.15, 0.2) is 48.5 Å². The first kappa shape index (κ1) is 15.5. The van der Waals surface area contributed by atoms with E-state index >= 15 is 0 Å². The van der Waals surface area contributed by atoms with Crippen molar-refractivity contribution in [1.82, 2.24) is 5.32 Å². The number of hydrogen-bond acceptors (Lipinski definition) is 2. The summed E-state index contributed by atoms with van der Waals surface area (Å²) in [4.78, 5) is 0. The second-order valence-corrected chi connectivity index (χ2v) is 5.11. The third-order valence-electron chi connectivity index (χ3n) is 3.73. The van der Waals surface area contributed by atoms with Crippen molar-refractivity contribution < 1.29 is 9.13 Å². The van der Waals surface area contributed by atoms with Crippen molar-refractivity contribution in [3.05, 3.63) is 65.5 Å². The molecule has 2 aromatic carbocycles. The van der Waals surface area contributed by atoms with Crippen LogP contribution in [0.1, 0.15) is 30.0 Å². The van der Waals surface area contributed by atoms with Gasteiger partial charge in [0, 0.05) is 6.04 Å². The molecule has 0 aliphatic heterocycles. The van der Waals surface area contributed by atoms with Crippen LogP contribution in [0.2, 0.25) is 0 Å². The van der Waals surface area contributed by atoms with E-state index in [9.17, 15) is 4.39 Å². The van der Waals surface area contributed by atoms with Gasteiger partial charge in [-0.25, -0.2) is 4.39 Å². The van der Waals surface area contributed by atoms with E-state index in [4.69, 9.17) is 4.74 Å². The Morgan fingerprint density at radius 3 is 2.52 bits per heavy atom. The minimum Gasteiger partial charge on any atom is -0.494 e. The molecule has 0 heterocycles. The maximum Gasteiger partial charge on any atom is 0.165 e. The number of methoxy groups -OCH3 is 1. The molecule has 2 aromatic rings. The molecule has 112 valence electrons. The number of halogens is 1. The summed E-state index contributed by atoms with van der Waals surface area (Å²) in [7, 11) is 3.39. The summed E-state index contributed by atoms with van der Waals surface area (Å²) in [6, 6.07) is 15.8. The third kappa shape index (κ3) is 4.30. The zero-order valence-corrected chi connectivity index (χ0v) is 12.6. The highest BCUT2D eigenvalue weighted by Gasteiger charge is 2.12. The SMILES string of the molecule is CNC(CCCc1ccccc1)c1ccc(OC)c(F)c1. The molecular weight excluding hydrogens is 265 g/mol. The zero-order valence-electron chi connectivity index (χ0n) is 12.6. The van der Waals surface area contributed by atoms with Crippen molar-refractivity contribution in [1.29, 1.82) is 0 Å². The molecule has 0 amide bonds. The lowest BCUT2D eigenvalue weighted by Crippen LogP contribution is -2.16. The van der Waals surface area contributed by atoms with Crippen LogP contribution in [0.5, 0.6) is 5.75 Å².